The van der Waals surface area contributed by atoms with Crippen molar-refractivity contribution in [1.29, 1.82) is 0 Å². The third kappa shape index (κ3) is 4.58. The van der Waals surface area contributed by atoms with Crippen LogP contribution in [-0.2, 0) is 29.1 Å². The fourth-order valence-electron chi connectivity index (χ4n) is 3.13. The molecule has 1 atom stereocenters. The lowest BCUT2D eigenvalue weighted by atomic mass is 9.88. The van der Waals surface area contributed by atoms with Crippen molar-refractivity contribution >= 4 is 15.5 Å². The van der Waals surface area contributed by atoms with E-state index in [1.165, 1.54) is 17.4 Å². The van der Waals surface area contributed by atoms with Gasteiger partial charge in [0.1, 0.15) is 9.84 Å². The molecule has 0 radical (unpaired) electrons. The van der Waals surface area contributed by atoms with Gasteiger partial charge in [0.2, 0.25) is 0 Å². The summed E-state index contributed by atoms with van der Waals surface area (Å²) < 4.78 is 22.4. The van der Waals surface area contributed by atoms with Crippen LogP contribution >= 0.6 is 0 Å². The first-order valence-corrected chi connectivity index (χ1v) is 10.2. The van der Waals surface area contributed by atoms with Crippen LogP contribution in [0.3, 0.4) is 0 Å². The van der Waals surface area contributed by atoms with Crippen LogP contribution in [0, 0.1) is 0 Å². The molecule has 0 heterocycles. The number of rotatable bonds is 5. The first-order chi connectivity index (χ1) is 11.0. The number of sulfone groups is 1. The molecular weight excluding hydrogens is 306 g/mol. The highest BCUT2D eigenvalue weighted by Gasteiger charge is 2.17. The molecule has 2 aromatic rings. The van der Waals surface area contributed by atoms with Crippen molar-refractivity contribution in [2.75, 3.05) is 17.3 Å². The van der Waals surface area contributed by atoms with Gasteiger partial charge in [0.25, 0.3) is 0 Å². The lowest BCUT2D eigenvalue weighted by molar-refractivity contribution is 0.601. The van der Waals surface area contributed by atoms with Gasteiger partial charge in [-0.1, -0.05) is 36.4 Å². The molecular formula is C19H23NO2S. The minimum Gasteiger partial charge on any atom is -0.382 e. The Balaban J connectivity index is 1.59. The lowest BCUT2D eigenvalue weighted by Gasteiger charge is -2.26. The van der Waals surface area contributed by atoms with E-state index in [9.17, 15) is 8.42 Å². The first kappa shape index (κ1) is 16.1. The van der Waals surface area contributed by atoms with Gasteiger partial charge in [-0.2, -0.15) is 0 Å². The first-order valence-electron chi connectivity index (χ1n) is 8.09. The molecule has 23 heavy (non-hydrogen) atoms. The summed E-state index contributed by atoms with van der Waals surface area (Å²) in [5, 5.41) is 3.60. The van der Waals surface area contributed by atoms with Gasteiger partial charge < -0.3 is 5.32 Å². The SMILES string of the molecule is CS(=O)(=O)CCc1ccc(N[C@H]2CCc3ccccc3C2)cc1. The number of nitrogens with one attached hydrogen (secondary N) is 1. The molecule has 0 fully saturated rings. The van der Waals surface area contributed by atoms with Crippen LogP contribution in [0.1, 0.15) is 23.1 Å². The summed E-state index contributed by atoms with van der Waals surface area (Å²) in [4.78, 5) is 0. The fraction of sp³-hybridized carbons (Fsp3) is 0.368. The predicted molar refractivity (Wildman–Crippen MR) is 95.7 cm³/mol. The Kier molecular flexibility index (Phi) is 4.71. The van der Waals surface area contributed by atoms with Crippen molar-refractivity contribution in [3.05, 3.63) is 65.2 Å². The average molecular weight is 329 g/mol. The van der Waals surface area contributed by atoms with Crippen molar-refractivity contribution < 1.29 is 8.42 Å². The molecule has 4 heteroatoms. The standard InChI is InChI=1S/C19H23NO2S/c1-23(21,22)13-12-15-6-9-18(10-7-15)20-19-11-8-16-4-2-3-5-17(16)14-19/h2-7,9-10,19-20H,8,11-14H2,1H3/t19-/m0/s1. The van der Waals surface area contributed by atoms with Crippen LogP contribution in [0.25, 0.3) is 0 Å². The highest BCUT2D eigenvalue weighted by atomic mass is 32.2. The second-order valence-corrected chi connectivity index (χ2v) is 8.69. The molecule has 3 rings (SSSR count). The zero-order valence-corrected chi connectivity index (χ0v) is 14.3. The van der Waals surface area contributed by atoms with Crippen molar-refractivity contribution in [2.24, 2.45) is 0 Å². The monoisotopic (exact) mass is 329 g/mol. The molecule has 0 bridgehead atoms. The summed E-state index contributed by atoms with van der Waals surface area (Å²) >= 11 is 0. The summed E-state index contributed by atoms with van der Waals surface area (Å²) in [5.41, 5.74) is 5.09. The van der Waals surface area contributed by atoms with Crippen LogP contribution in [0.4, 0.5) is 5.69 Å². The van der Waals surface area contributed by atoms with Crippen molar-refractivity contribution in [3.63, 3.8) is 0 Å². The van der Waals surface area contributed by atoms with Crippen LogP contribution in [0.2, 0.25) is 0 Å². The quantitative estimate of drug-likeness (QED) is 0.916. The topological polar surface area (TPSA) is 46.2 Å². The predicted octanol–water partition coefficient (Wildman–Crippen LogP) is 3.24. The minimum atomic E-state index is -2.90. The molecule has 0 aliphatic heterocycles. The molecule has 0 unspecified atom stereocenters. The molecule has 1 aliphatic rings. The second kappa shape index (κ2) is 6.75. The Labute approximate surface area is 138 Å². The third-order valence-electron chi connectivity index (χ3n) is 4.43. The van der Waals surface area contributed by atoms with Gasteiger partial charge in [0.15, 0.2) is 0 Å². The second-order valence-electron chi connectivity index (χ2n) is 6.43. The van der Waals surface area contributed by atoms with Gasteiger partial charge in [-0.15, -0.1) is 0 Å². The highest BCUT2D eigenvalue weighted by Crippen LogP contribution is 2.23. The van der Waals surface area contributed by atoms with Gasteiger partial charge >= 0.3 is 0 Å². The number of benzene rings is 2. The largest absolute Gasteiger partial charge is 0.382 e. The number of fused-ring (bicyclic) bond motifs is 1. The zero-order valence-electron chi connectivity index (χ0n) is 13.5. The van der Waals surface area contributed by atoms with E-state index in [2.05, 4.69) is 41.7 Å². The Morgan fingerprint density at radius 1 is 1.04 bits per heavy atom. The Morgan fingerprint density at radius 3 is 2.43 bits per heavy atom. The maximum absolute atomic E-state index is 11.2. The summed E-state index contributed by atoms with van der Waals surface area (Å²) in [6.07, 6.45) is 5.19. The van der Waals surface area contributed by atoms with Gasteiger partial charge in [-0.3, -0.25) is 0 Å². The molecule has 122 valence electrons. The van der Waals surface area contributed by atoms with E-state index in [-0.39, 0.29) is 5.75 Å². The van der Waals surface area contributed by atoms with E-state index >= 15 is 0 Å². The van der Waals surface area contributed by atoms with Crippen LogP contribution < -0.4 is 5.32 Å². The van der Waals surface area contributed by atoms with E-state index in [0.29, 0.717) is 12.5 Å². The summed E-state index contributed by atoms with van der Waals surface area (Å²) in [5.74, 6) is 0.208. The maximum atomic E-state index is 11.2. The van der Waals surface area contributed by atoms with Crippen LogP contribution in [0.5, 0.6) is 0 Å². The molecule has 0 amide bonds. The van der Waals surface area contributed by atoms with Gasteiger partial charge in [0.05, 0.1) is 5.75 Å². The molecule has 3 nitrogen and oxygen atoms in total. The van der Waals surface area contributed by atoms with Gasteiger partial charge in [0, 0.05) is 18.0 Å². The normalized spacial score (nSPS) is 17.5. The van der Waals surface area contributed by atoms with E-state index in [4.69, 9.17) is 0 Å². The van der Waals surface area contributed by atoms with E-state index in [0.717, 1.165) is 30.5 Å². The fourth-order valence-corrected chi connectivity index (χ4v) is 3.73. The number of hydrogen-bond acceptors (Lipinski definition) is 3. The Hall–Kier alpha value is -1.81. The maximum Gasteiger partial charge on any atom is 0.147 e. The molecule has 2 aromatic carbocycles. The Bertz CT molecular complexity index is 766. The van der Waals surface area contributed by atoms with E-state index in [1.54, 1.807) is 0 Å². The van der Waals surface area contributed by atoms with Crippen LogP contribution in [-0.4, -0.2) is 26.5 Å². The molecule has 0 saturated heterocycles. The van der Waals surface area contributed by atoms with Crippen molar-refractivity contribution in [3.8, 4) is 0 Å². The summed E-state index contributed by atoms with van der Waals surface area (Å²) in [7, 11) is -2.90. The number of anilines is 1. The summed E-state index contributed by atoms with van der Waals surface area (Å²) in [6, 6.07) is 17.3. The third-order valence-corrected chi connectivity index (χ3v) is 5.38. The zero-order chi connectivity index (χ0) is 16.3. The molecule has 0 saturated carbocycles. The highest BCUT2D eigenvalue weighted by molar-refractivity contribution is 7.90. The molecule has 1 N–H and O–H groups in total. The van der Waals surface area contributed by atoms with Crippen molar-refractivity contribution in [2.45, 2.75) is 31.7 Å². The molecule has 0 spiro atoms. The minimum absolute atomic E-state index is 0.208. The lowest BCUT2D eigenvalue weighted by Crippen LogP contribution is -2.27. The average Bonchev–Trinajstić information content (AvgIpc) is 2.53. The van der Waals surface area contributed by atoms with Crippen molar-refractivity contribution in [1.82, 2.24) is 0 Å². The Morgan fingerprint density at radius 2 is 1.74 bits per heavy atom. The smallest absolute Gasteiger partial charge is 0.147 e. The van der Waals surface area contributed by atoms with Gasteiger partial charge in [-0.05, 0) is 54.5 Å². The van der Waals surface area contributed by atoms with Crippen LogP contribution in [0.15, 0.2) is 48.5 Å². The summed E-state index contributed by atoms with van der Waals surface area (Å²) in [6.45, 7) is 0. The molecule has 0 aromatic heterocycles. The van der Waals surface area contributed by atoms with Gasteiger partial charge in [-0.25, -0.2) is 8.42 Å². The number of aryl methyl sites for hydroxylation is 2. The number of hydrogen-bond donors (Lipinski definition) is 1. The van der Waals surface area contributed by atoms with E-state index in [1.807, 2.05) is 12.1 Å². The molecule has 1 aliphatic carbocycles. The van der Waals surface area contributed by atoms with E-state index < -0.39 is 9.84 Å².